The topological polar surface area (TPSA) is 58.9 Å². The minimum absolute atomic E-state index is 0.0422. The molecule has 4 atom stereocenters. The molecule has 1 saturated carbocycles. The molecule has 25 heavy (non-hydrogen) atoms. The zero-order chi connectivity index (χ0) is 17.6. The molecule has 1 aromatic rings. The van der Waals surface area contributed by atoms with E-state index in [0.717, 1.165) is 36.7 Å². The number of hydrogen-bond donors (Lipinski definition) is 2. The Kier molecular flexibility index (Phi) is 2.99. The molecular formula is C20H28NO4+. The normalized spacial score (nSPS) is 40.2. The van der Waals surface area contributed by atoms with Crippen LogP contribution in [0.3, 0.4) is 0 Å². The van der Waals surface area contributed by atoms with Gasteiger partial charge in [-0.15, -0.1) is 0 Å². The van der Waals surface area contributed by atoms with Crippen LogP contribution in [0.2, 0.25) is 0 Å². The van der Waals surface area contributed by atoms with Gasteiger partial charge in [0, 0.05) is 42.9 Å². The van der Waals surface area contributed by atoms with Gasteiger partial charge in [0.15, 0.2) is 11.5 Å². The molecule has 2 aliphatic heterocycles. The summed E-state index contributed by atoms with van der Waals surface area (Å²) in [5.41, 5.74) is 3.89. The summed E-state index contributed by atoms with van der Waals surface area (Å²) >= 11 is 0. The average Bonchev–Trinajstić information content (AvgIpc) is 2.59. The van der Waals surface area contributed by atoms with E-state index in [1.54, 1.807) is 7.11 Å². The fourth-order valence-corrected chi connectivity index (χ4v) is 6.15. The molecule has 0 aromatic heterocycles. The highest BCUT2D eigenvalue weighted by Crippen LogP contribution is 2.63. The van der Waals surface area contributed by atoms with E-state index < -0.39 is 11.9 Å². The van der Waals surface area contributed by atoms with Gasteiger partial charge in [0.2, 0.25) is 5.79 Å². The van der Waals surface area contributed by atoms with Gasteiger partial charge in [0.1, 0.15) is 12.1 Å². The summed E-state index contributed by atoms with van der Waals surface area (Å²) in [4.78, 5) is 0. The number of fused-ring (bicyclic) bond motifs is 1. The molecule has 2 bridgehead atoms. The van der Waals surface area contributed by atoms with E-state index in [0.29, 0.717) is 24.6 Å². The van der Waals surface area contributed by atoms with E-state index in [-0.39, 0.29) is 11.2 Å². The maximum Gasteiger partial charge on any atom is 0.237 e. The number of aliphatic hydroxyl groups excluding tert-OH is 1. The Hall–Kier alpha value is -1.30. The third kappa shape index (κ3) is 1.84. The highest BCUT2D eigenvalue weighted by atomic mass is 16.7. The fourth-order valence-electron chi connectivity index (χ4n) is 6.15. The summed E-state index contributed by atoms with van der Waals surface area (Å²) in [6.45, 7) is 1.10. The van der Waals surface area contributed by atoms with Crippen molar-refractivity contribution in [3.8, 4) is 11.5 Å². The Morgan fingerprint density at radius 3 is 2.80 bits per heavy atom. The number of nitrogens with zero attached hydrogens (tertiary/aromatic N) is 1. The van der Waals surface area contributed by atoms with Crippen molar-refractivity contribution in [3.63, 3.8) is 0 Å². The monoisotopic (exact) mass is 346 g/mol. The maximum atomic E-state index is 10.8. The second-order valence-electron chi connectivity index (χ2n) is 9.11. The van der Waals surface area contributed by atoms with Crippen LogP contribution in [0.4, 0.5) is 0 Å². The van der Waals surface area contributed by atoms with Crippen LogP contribution in [0.15, 0.2) is 6.07 Å². The summed E-state index contributed by atoms with van der Waals surface area (Å²) in [7, 11) is 6.24. The molecule has 5 nitrogen and oxygen atoms in total. The number of hydrogen-bond acceptors (Lipinski definition) is 4. The number of phenols is 1. The molecule has 0 unspecified atom stereocenters. The van der Waals surface area contributed by atoms with Crippen LogP contribution in [-0.2, 0) is 16.6 Å². The van der Waals surface area contributed by atoms with Crippen LogP contribution in [0.25, 0.3) is 0 Å². The second kappa shape index (κ2) is 4.70. The molecule has 5 rings (SSSR count). The molecule has 1 spiro atoms. The molecule has 1 aromatic carbocycles. The van der Waals surface area contributed by atoms with E-state index in [1.165, 1.54) is 16.7 Å². The third-order valence-electron chi connectivity index (χ3n) is 7.56. The number of aromatic hydroxyl groups is 1. The third-order valence-corrected chi connectivity index (χ3v) is 7.56. The van der Waals surface area contributed by atoms with Gasteiger partial charge in [-0.05, 0) is 30.9 Å². The smallest absolute Gasteiger partial charge is 0.237 e. The van der Waals surface area contributed by atoms with Crippen LogP contribution in [0.1, 0.15) is 54.8 Å². The van der Waals surface area contributed by atoms with Crippen LogP contribution in [0.5, 0.6) is 11.5 Å². The van der Waals surface area contributed by atoms with E-state index in [1.807, 2.05) is 6.07 Å². The molecule has 2 heterocycles. The van der Waals surface area contributed by atoms with E-state index in [9.17, 15) is 10.2 Å². The molecule has 5 heteroatoms. The summed E-state index contributed by atoms with van der Waals surface area (Å²) in [5, 5.41) is 21.3. The highest BCUT2D eigenvalue weighted by molar-refractivity contribution is 5.61. The lowest BCUT2D eigenvalue weighted by molar-refractivity contribution is -0.924. The fraction of sp³-hybridized carbons (Fsp3) is 0.700. The Balaban J connectivity index is 1.80. The molecule has 0 radical (unpaired) electrons. The SMILES string of the molecule is CO[C@]12C[C@@]3(CC[C@@H]4c5c(cc(O)c(c53)O1)CC[N+]4(C)C)CC[C@@H]2O. The van der Waals surface area contributed by atoms with Crippen molar-refractivity contribution in [3.05, 3.63) is 22.8 Å². The predicted molar refractivity (Wildman–Crippen MR) is 92.7 cm³/mol. The van der Waals surface area contributed by atoms with Crippen molar-refractivity contribution >= 4 is 0 Å². The zero-order valence-corrected chi connectivity index (χ0v) is 15.3. The maximum absolute atomic E-state index is 10.8. The Morgan fingerprint density at radius 1 is 1.28 bits per heavy atom. The van der Waals surface area contributed by atoms with Gasteiger partial charge in [0.05, 0.1) is 20.6 Å². The Morgan fingerprint density at radius 2 is 2.04 bits per heavy atom. The lowest BCUT2D eigenvalue weighted by atomic mass is 9.56. The van der Waals surface area contributed by atoms with Gasteiger partial charge < -0.3 is 24.2 Å². The number of aliphatic hydroxyl groups is 1. The van der Waals surface area contributed by atoms with Gasteiger partial charge >= 0.3 is 0 Å². The van der Waals surface area contributed by atoms with E-state index >= 15 is 0 Å². The Labute approximate surface area is 148 Å². The number of benzene rings is 1. The number of quaternary nitrogens is 1. The van der Waals surface area contributed by atoms with Gasteiger partial charge in [0.25, 0.3) is 0 Å². The van der Waals surface area contributed by atoms with Gasteiger partial charge in [-0.2, -0.15) is 0 Å². The van der Waals surface area contributed by atoms with Crippen molar-refractivity contribution in [2.75, 3.05) is 27.7 Å². The highest BCUT2D eigenvalue weighted by Gasteiger charge is 2.61. The first-order valence-corrected chi connectivity index (χ1v) is 9.46. The largest absolute Gasteiger partial charge is 0.504 e. The first-order chi connectivity index (χ1) is 11.8. The van der Waals surface area contributed by atoms with Crippen molar-refractivity contribution in [1.29, 1.82) is 0 Å². The first-order valence-electron chi connectivity index (χ1n) is 9.46. The van der Waals surface area contributed by atoms with Gasteiger partial charge in [-0.3, -0.25) is 0 Å². The number of rotatable bonds is 1. The van der Waals surface area contributed by atoms with E-state index in [2.05, 4.69) is 14.1 Å². The van der Waals surface area contributed by atoms with Crippen LogP contribution >= 0.6 is 0 Å². The van der Waals surface area contributed by atoms with Gasteiger partial charge in [-0.1, -0.05) is 0 Å². The van der Waals surface area contributed by atoms with Crippen LogP contribution in [0, 0.1) is 0 Å². The second-order valence-corrected chi connectivity index (χ2v) is 9.11. The molecule has 1 fully saturated rings. The lowest BCUT2D eigenvalue weighted by Gasteiger charge is -2.58. The van der Waals surface area contributed by atoms with E-state index in [4.69, 9.17) is 9.47 Å². The van der Waals surface area contributed by atoms with Crippen LogP contribution < -0.4 is 4.74 Å². The molecule has 0 saturated heterocycles. The summed E-state index contributed by atoms with van der Waals surface area (Å²) in [6.07, 6.45) is 4.86. The van der Waals surface area contributed by atoms with Crippen molar-refractivity contribution in [2.24, 2.45) is 0 Å². The predicted octanol–water partition coefficient (Wildman–Crippen LogP) is 2.38. The standard InChI is InChI=1S/C20H27NO4/c1-21(2)9-6-12-10-14(22)18-17-16(12)13(21)4-7-19(17)8-5-15(23)20(11-19,24-3)25-18/h10,13,15,23H,4-9,11H2,1-3H3/p+1/t13-,15+,19-,20-/m1/s1. The Bertz CT molecular complexity index is 761. The van der Waals surface area contributed by atoms with Crippen molar-refractivity contribution in [1.82, 2.24) is 0 Å². The summed E-state index contributed by atoms with van der Waals surface area (Å²) in [5.74, 6) is -0.249. The lowest BCUT2D eigenvalue weighted by Crippen LogP contribution is -2.62. The van der Waals surface area contributed by atoms with Gasteiger partial charge in [-0.25, -0.2) is 0 Å². The number of ether oxygens (including phenoxy) is 2. The summed E-state index contributed by atoms with van der Waals surface area (Å²) < 4.78 is 12.9. The van der Waals surface area contributed by atoms with Crippen molar-refractivity contribution in [2.45, 2.75) is 61.9 Å². The molecular weight excluding hydrogens is 318 g/mol. The molecule has 2 N–H and O–H groups in total. The zero-order valence-electron chi connectivity index (χ0n) is 15.3. The molecule has 2 aliphatic carbocycles. The minimum atomic E-state index is -1.02. The minimum Gasteiger partial charge on any atom is -0.504 e. The molecule has 0 amide bonds. The number of likely N-dealkylation sites (N-methyl/N-ethyl adjacent to an activating group) is 1. The average molecular weight is 346 g/mol. The summed E-state index contributed by atoms with van der Waals surface area (Å²) in [6, 6.07) is 2.37. The number of methoxy groups -OCH3 is 1. The van der Waals surface area contributed by atoms with Crippen molar-refractivity contribution < 1.29 is 24.2 Å². The molecule has 4 aliphatic rings. The number of phenolic OH excluding ortho intramolecular Hbond substituents is 1. The van der Waals surface area contributed by atoms with Crippen LogP contribution in [-0.4, -0.2) is 54.3 Å². The first kappa shape index (κ1) is 15.9. The molecule has 136 valence electrons. The quantitative estimate of drug-likeness (QED) is 0.767.